The van der Waals surface area contributed by atoms with Gasteiger partial charge < -0.3 is 10.1 Å². The van der Waals surface area contributed by atoms with Crippen molar-refractivity contribution < 1.29 is 14.3 Å². The SMILES string of the molecule is COc1ccc(C(C)=NNC(=O)c2ccc(NC(C)=O)cc2)cc1. The average molecular weight is 325 g/mol. The predicted octanol–water partition coefficient (Wildman–Crippen LogP) is 2.81. The summed E-state index contributed by atoms with van der Waals surface area (Å²) in [5, 5.41) is 6.75. The lowest BCUT2D eigenvalue weighted by molar-refractivity contribution is -0.114. The predicted molar refractivity (Wildman–Crippen MR) is 93.4 cm³/mol. The summed E-state index contributed by atoms with van der Waals surface area (Å²) in [5.41, 5.74) is 5.17. The standard InChI is InChI=1S/C18H19N3O3/c1-12(14-6-10-17(24-3)11-7-14)20-21-18(23)15-4-8-16(9-5-15)19-13(2)22/h4-11H,1-3H3,(H,19,22)(H,21,23). The van der Waals surface area contributed by atoms with E-state index >= 15 is 0 Å². The van der Waals surface area contributed by atoms with Crippen molar-refractivity contribution in [3.05, 3.63) is 59.7 Å². The van der Waals surface area contributed by atoms with E-state index in [4.69, 9.17) is 4.74 Å². The molecule has 0 bridgehead atoms. The highest BCUT2D eigenvalue weighted by Crippen LogP contribution is 2.12. The van der Waals surface area contributed by atoms with Crippen molar-refractivity contribution in [3.63, 3.8) is 0 Å². The Morgan fingerprint density at radius 1 is 0.917 bits per heavy atom. The minimum Gasteiger partial charge on any atom is -0.497 e. The number of hydrogen-bond donors (Lipinski definition) is 2. The Labute approximate surface area is 140 Å². The van der Waals surface area contributed by atoms with Crippen LogP contribution in [-0.2, 0) is 4.79 Å². The number of nitrogens with one attached hydrogen (secondary N) is 2. The van der Waals surface area contributed by atoms with Crippen LogP contribution in [0.1, 0.15) is 29.8 Å². The first-order valence-corrected chi connectivity index (χ1v) is 7.36. The van der Waals surface area contributed by atoms with Crippen molar-refractivity contribution in [3.8, 4) is 5.75 Å². The number of anilines is 1. The number of amides is 2. The third-order valence-electron chi connectivity index (χ3n) is 3.30. The normalized spacial score (nSPS) is 10.9. The highest BCUT2D eigenvalue weighted by atomic mass is 16.5. The molecular formula is C18H19N3O3. The minimum absolute atomic E-state index is 0.160. The first-order chi connectivity index (χ1) is 11.5. The van der Waals surface area contributed by atoms with Crippen LogP contribution in [0.5, 0.6) is 5.75 Å². The Bertz CT molecular complexity index is 750. The molecule has 0 aromatic heterocycles. The highest BCUT2D eigenvalue weighted by Gasteiger charge is 2.05. The van der Waals surface area contributed by atoms with Gasteiger partial charge in [0.2, 0.25) is 5.91 Å². The Hall–Kier alpha value is -3.15. The first kappa shape index (κ1) is 17.2. The Morgan fingerprint density at radius 2 is 1.50 bits per heavy atom. The van der Waals surface area contributed by atoms with Gasteiger partial charge in [-0.25, -0.2) is 5.43 Å². The van der Waals surface area contributed by atoms with Crippen LogP contribution in [-0.4, -0.2) is 24.6 Å². The second-order valence-electron chi connectivity index (χ2n) is 5.13. The maximum absolute atomic E-state index is 12.1. The highest BCUT2D eigenvalue weighted by molar-refractivity contribution is 6.01. The number of hydrogen-bond acceptors (Lipinski definition) is 4. The summed E-state index contributed by atoms with van der Waals surface area (Å²) in [6.07, 6.45) is 0. The van der Waals surface area contributed by atoms with E-state index in [1.807, 2.05) is 31.2 Å². The van der Waals surface area contributed by atoms with E-state index in [1.54, 1.807) is 31.4 Å². The third kappa shape index (κ3) is 4.67. The van der Waals surface area contributed by atoms with Crippen molar-refractivity contribution >= 4 is 23.2 Å². The fraction of sp³-hybridized carbons (Fsp3) is 0.167. The maximum atomic E-state index is 12.1. The van der Waals surface area contributed by atoms with Gasteiger partial charge >= 0.3 is 0 Å². The molecule has 0 radical (unpaired) electrons. The molecule has 124 valence electrons. The summed E-state index contributed by atoms with van der Waals surface area (Å²) in [4.78, 5) is 23.1. The molecule has 0 unspecified atom stereocenters. The zero-order valence-electron chi connectivity index (χ0n) is 13.8. The number of nitrogens with zero attached hydrogens (tertiary/aromatic N) is 1. The van der Waals surface area contributed by atoms with Gasteiger partial charge in [0.05, 0.1) is 12.8 Å². The Balaban J connectivity index is 2.01. The number of ether oxygens (including phenoxy) is 1. The molecule has 0 aliphatic rings. The van der Waals surface area contributed by atoms with Crippen LogP contribution >= 0.6 is 0 Å². The lowest BCUT2D eigenvalue weighted by Gasteiger charge is -2.05. The number of carbonyl (C=O) groups excluding carboxylic acids is 2. The maximum Gasteiger partial charge on any atom is 0.271 e. The van der Waals surface area contributed by atoms with Gasteiger partial charge in [0.1, 0.15) is 5.75 Å². The molecule has 2 rings (SSSR count). The Morgan fingerprint density at radius 3 is 2.04 bits per heavy atom. The van der Waals surface area contributed by atoms with Crippen LogP contribution in [0.2, 0.25) is 0 Å². The molecule has 6 nitrogen and oxygen atoms in total. The van der Waals surface area contributed by atoms with Gasteiger partial charge in [0.15, 0.2) is 0 Å². The van der Waals surface area contributed by atoms with E-state index in [0.717, 1.165) is 11.3 Å². The van der Waals surface area contributed by atoms with Gasteiger partial charge in [-0.2, -0.15) is 5.10 Å². The van der Waals surface area contributed by atoms with E-state index < -0.39 is 0 Å². The van der Waals surface area contributed by atoms with Crippen LogP contribution in [0, 0.1) is 0 Å². The van der Waals surface area contributed by atoms with Gasteiger partial charge in [-0.15, -0.1) is 0 Å². The zero-order chi connectivity index (χ0) is 17.5. The molecule has 0 atom stereocenters. The van der Waals surface area contributed by atoms with Crippen LogP contribution in [0.4, 0.5) is 5.69 Å². The monoisotopic (exact) mass is 325 g/mol. The molecule has 0 saturated carbocycles. The number of carbonyl (C=O) groups is 2. The van der Waals surface area contributed by atoms with E-state index in [2.05, 4.69) is 15.8 Å². The lowest BCUT2D eigenvalue weighted by atomic mass is 10.1. The molecular weight excluding hydrogens is 306 g/mol. The van der Waals surface area contributed by atoms with Crippen molar-refractivity contribution in [1.29, 1.82) is 0 Å². The number of methoxy groups -OCH3 is 1. The van der Waals surface area contributed by atoms with Gasteiger partial charge in [-0.05, 0) is 61.0 Å². The van der Waals surface area contributed by atoms with Crippen LogP contribution in [0.3, 0.4) is 0 Å². The molecule has 0 fully saturated rings. The van der Waals surface area contributed by atoms with Crippen molar-refractivity contribution in [2.24, 2.45) is 5.10 Å². The van der Waals surface area contributed by atoms with Crippen molar-refractivity contribution in [2.45, 2.75) is 13.8 Å². The number of hydrazone groups is 1. The van der Waals surface area contributed by atoms with Crippen LogP contribution in [0.25, 0.3) is 0 Å². The summed E-state index contributed by atoms with van der Waals surface area (Å²) in [6, 6.07) is 14.0. The van der Waals surface area contributed by atoms with E-state index in [-0.39, 0.29) is 11.8 Å². The van der Waals surface area contributed by atoms with E-state index in [1.165, 1.54) is 6.92 Å². The summed E-state index contributed by atoms with van der Waals surface area (Å²) < 4.78 is 5.10. The molecule has 2 N–H and O–H groups in total. The molecule has 2 aromatic rings. The minimum atomic E-state index is -0.322. The smallest absolute Gasteiger partial charge is 0.271 e. The largest absolute Gasteiger partial charge is 0.497 e. The molecule has 0 heterocycles. The molecule has 0 spiro atoms. The number of rotatable bonds is 5. The Kier molecular flexibility index (Phi) is 5.68. The van der Waals surface area contributed by atoms with Crippen LogP contribution < -0.4 is 15.5 Å². The zero-order valence-corrected chi connectivity index (χ0v) is 13.8. The second kappa shape index (κ2) is 7.92. The van der Waals surface area contributed by atoms with Gasteiger partial charge in [-0.1, -0.05) is 0 Å². The van der Waals surface area contributed by atoms with Crippen molar-refractivity contribution in [2.75, 3.05) is 12.4 Å². The first-order valence-electron chi connectivity index (χ1n) is 7.36. The van der Waals surface area contributed by atoms with Gasteiger partial charge in [-0.3, -0.25) is 9.59 Å². The summed E-state index contributed by atoms with van der Waals surface area (Å²) >= 11 is 0. The summed E-state index contributed by atoms with van der Waals surface area (Å²) in [5.74, 6) is 0.277. The molecule has 2 aromatic carbocycles. The number of benzene rings is 2. The molecule has 6 heteroatoms. The summed E-state index contributed by atoms with van der Waals surface area (Å²) in [6.45, 7) is 3.24. The molecule has 2 amide bonds. The second-order valence-corrected chi connectivity index (χ2v) is 5.13. The topological polar surface area (TPSA) is 79.8 Å². The van der Waals surface area contributed by atoms with Crippen LogP contribution in [0.15, 0.2) is 53.6 Å². The molecule has 0 aliphatic heterocycles. The van der Waals surface area contributed by atoms with Gasteiger partial charge in [0, 0.05) is 18.2 Å². The molecule has 0 saturated heterocycles. The third-order valence-corrected chi connectivity index (χ3v) is 3.30. The summed E-state index contributed by atoms with van der Waals surface area (Å²) in [7, 11) is 1.60. The fourth-order valence-electron chi connectivity index (χ4n) is 2.00. The lowest BCUT2D eigenvalue weighted by Crippen LogP contribution is -2.19. The quantitative estimate of drug-likeness (QED) is 0.655. The average Bonchev–Trinajstić information content (AvgIpc) is 2.59. The van der Waals surface area contributed by atoms with Gasteiger partial charge in [0.25, 0.3) is 5.91 Å². The fourth-order valence-corrected chi connectivity index (χ4v) is 2.00. The molecule has 24 heavy (non-hydrogen) atoms. The molecule has 0 aliphatic carbocycles. The van der Waals surface area contributed by atoms with E-state index in [9.17, 15) is 9.59 Å². The van der Waals surface area contributed by atoms with E-state index in [0.29, 0.717) is 17.0 Å². The van der Waals surface area contributed by atoms with Crippen molar-refractivity contribution in [1.82, 2.24) is 5.43 Å².